The van der Waals surface area contributed by atoms with E-state index in [-0.39, 0.29) is 17.9 Å². The molecule has 6 heteroatoms. The van der Waals surface area contributed by atoms with E-state index in [9.17, 15) is 14.9 Å². The van der Waals surface area contributed by atoms with Gasteiger partial charge in [-0.2, -0.15) is 0 Å². The van der Waals surface area contributed by atoms with Gasteiger partial charge in [-0.15, -0.1) is 11.3 Å². The van der Waals surface area contributed by atoms with E-state index in [4.69, 9.17) is 0 Å². The molecule has 0 aliphatic carbocycles. The summed E-state index contributed by atoms with van der Waals surface area (Å²) < 4.78 is 0. The van der Waals surface area contributed by atoms with E-state index in [1.807, 2.05) is 0 Å². The molecule has 0 saturated heterocycles. The first-order valence-corrected chi connectivity index (χ1v) is 5.71. The van der Waals surface area contributed by atoms with Gasteiger partial charge in [-0.1, -0.05) is 12.1 Å². The lowest BCUT2D eigenvalue weighted by atomic mass is 10.1. The van der Waals surface area contributed by atoms with E-state index < -0.39 is 4.92 Å². The Balaban J connectivity index is 2.16. The molecule has 2 rings (SSSR count). The number of nitro groups is 1. The van der Waals surface area contributed by atoms with Crippen LogP contribution in [0.25, 0.3) is 0 Å². The highest BCUT2D eigenvalue weighted by Gasteiger charge is 2.12. The van der Waals surface area contributed by atoms with Gasteiger partial charge in [0, 0.05) is 30.1 Å². The number of carbonyl (C=O) groups is 1. The average Bonchev–Trinajstić information content (AvgIpc) is 2.82. The molecular formula is C11H8N2O3S. The van der Waals surface area contributed by atoms with Gasteiger partial charge in [-0.25, -0.2) is 4.98 Å². The molecule has 1 aromatic carbocycles. The van der Waals surface area contributed by atoms with Gasteiger partial charge in [0.1, 0.15) is 0 Å². The van der Waals surface area contributed by atoms with Crippen LogP contribution in [0, 0.1) is 10.1 Å². The van der Waals surface area contributed by atoms with Gasteiger partial charge in [-0.3, -0.25) is 14.9 Å². The number of nitrogens with zero attached hydrogens (tertiary/aromatic N) is 2. The number of rotatable bonds is 4. The van der Waals surface area contributed by atoms with Crippen molar-refractivity contribution in [2.45, 2.75) is 6.42 Å². The third kappa shape index (κ3) is 2.73. The zero-order valence-corrected chi connectivity index (χ0v) is 9.52. The Morgan fingerprint density at radius 3 is 2.94 bits per heavy atom. The number of benzene rings is 1. The van der Waals surface area contributed by atoms with Crippen LogP contribution in [0.2, 0.25) is 0 Å². The van der Waals surface area contributed by atoms with Gasteiger partial charge in [0.15, 0.2) is 10.8 Å². The number of nitro benzene ring substituents is 1. The SMILES string of the molecule is O=C(Cc1cccc([N+](=O)[O-])c1)c1nccs1. The van der Waals surface area contributed by atoms with Crippen molar-refractivity contribution < 1.29 is 9.72 Å². The molecule has 0 saturated carbocycles. The van der Waals surface area contributed by atoms with E-state index in [0.29, 0.717) is 10.6 Å². The molecule has 5 nitrogen and oxygen atoms in total. The fourth-order valence-electron chi connectivity index (χ4n) is 1.40. The summed E-state index contributed by atoms with van der Waals surface area (Å²) >= 11 is 1.27. The van der Waals surface area contributed by atoms with Crippen LogP contribution in [0.15, 0.2) is 35.8 Å². The monoisotopic (exact) mass is 248 g/mol. The predicted octanol–water partition coefficient (Wildman–Crippen LogP) is 2.48. The normalized spacial score (nSPS) is 10.1. The van der Waals surface area contributed by atoms with Crippen LogP contribution in [0.3, 0.4) is 0 Å². The summed E-state index contributed by atoms with van der Waals surface area (Å²) in [5.74, 6) is -0.125. The summed E-state index contributed by atoms with van der Waals surface area (Å²) in [5, 5.41) is 12.7. The van der Waals surface area contributed by atoms with Crippen molar-refractivity contribution in [2.24, 2.45) is 0 Å². The molecule has 86 valence electrons. The molecule has 0 spiro atoms. The van der Waals surface area contributed by atoms with Crippen molar-refractivity contribution in [2.75, 3.05) is 0 Å². The number of hydrogen-bond acceptors (Lipinski definition) is 5. The van der Waals surface area contributed by atoms with E-state index in [2.05, 4.69) is 4.98 Å². The summed E-state index contributed by atoms with van der Waals surface area (Å²) in [5.41, 5.74) is 0.619. The van der Waals surface area contributed by atoms with Crippen molar-refractivity contribution in [1.82, 2.24) is 4.98 Å². The highest BCUT2D eigenvalue weighted by Crippen LogP contribution is 2.15. The van der Waals surface area contributed by atoms with E-state index in [1.165, 1.54) is 23.5 Å². The Kier molecular flexibility index (Phi) is 3.24. The zero-order chi connectivity index (χ0) is 12.3. The molecule has 0 aliphatic rings. The van der Waals surface area contributed by atoms with E-state index >= 15 is 0 Å². The van der Waals surface area contributed by atoms with Gasteiger partial charge >= 0.3 is 0 Å². The van der Waals surface area contributed by atoms with Gasteiger partial charge in [0.25, 0.3) is 5.69 Å². The molecule has 1 aromatic heterocycles. The van der Waals surface area contributed by atoms with Crippen LogP contribution in [0.4, 0.5) is 5.69 Å². The molecule has 0 fully saturated rings. The maximum absolute atomic E-state index is 11.7. The number of non-ortho nitro benzene ring substituents is 1. The number of thiazole rings is 1. The highest BCUT2D eigenvalue weighted by atomic mass is 32.1. The topological polar surface area (TPSA) is 73.1 Å². The van der Waals surface area contributed by atoms with E-state index in [0.717, 1.165) is 0 Å². The molecule has 0 N–H and O–H groups in total. The van der Waals surface area contributed by atoms with Crippen LogP contribution in [0.5, 0.6) is 0 Å². The van der Waals surface area contributed by atoms with E-state index in [1.54, 1.807) is 23.7 Å². The zero-order valence-electron chi connectivity index (χ0n) is 8.70. The Hall–Kier alpha value is -2.08. The maximum Gasteiger partial charge on any atom is 0.269 e. The van der Waals surface area contributed by atoms with Gasteiger partial charge in [0.05, 0.1) is 4.92 Å². The molecule has 2 aromatic rings. The Bertz CT molecular complexity index is 552. The molecule has 0 atom stereocenters. The van der Waals surface area contributed by atoms with Gasteiger partial charge < -0.3 is 0 Å². The third-order valence-corrected chi connectivity index (χ3v) is 2.97. The molecule has 0 radical (unpaired) electrons. The van der Waals surface area contributed by atoms with Gasteiger partial charge in [0.2, 0.25) is 0 Å². The minimum absolute atomic E-state index is 0.00515. The lowest BCUT2D eigenvalue weighted by Crippen LogP contribution is -2.03. The lowest BCUT2D eigenvalue weighted by molar-refractivity contribution is -0.384. The summed E-state index contributed by atoms with van der Waals surface area (Å²) in [6, 6.07) is 6.07. The first-order valence-electron chi connectivity index (χ1n) is 4.83. The second kappa shape index (κ2) is 4.84. The van der Waals surface area contributed by atoms with Crippen molar-refractivity contribution in [3.8, 4) is 0 Å². The Morgan fingerprint density at radius 2 is 2.29 bits per heavy atom. The quantitative estimate of drug-likeness (QED) is 0.473. The predicted molar refractivity (Wildman–Crippen MR) is 63.2 cm³/mol. The molecule has 1 heterocycles. The number of aromatic nitrogens is 1. The largest absolute Gasteiger partial charge is 0.291 e. The molecular weight excluding hydrogens is 240 g/mol. The smallest absolute Gasteiger partial charge is 0.269 e. The first-order chi connectivity index (χ1) is 8.16. The van der Waals surface area contributed by atoms with Crippen LogP contribution < -0.4 is 0 Å². The molecule has 0 unspecified atom stereocenters. The van der Waals surface area contributed by atoms with Crippen LogP contribution >= 0.6 is 11.3 Å². The fourth-order valence-corrected chi connectivity index (χ4v) is 1.98. The molecule has 0 aliphatic heterocycles. The minimum atomic E-state index is -0.475. The molecule has 0 amide bonds. The number of hydrogen-bond donors (Lipinski definition) is 0. The van der Waals surface area contributed by atoms with Crippen molar-refractivity contribution in [3.05, 3.63) is 56.5 Å². The molecule has 17 heavy (non-hydrogen) atoms. The van der Waals surface area contributed by atoms with Crippen molar-refractivity contribution >= 4 is 22.8 Å². The van der Waals surface area contributed by atoms with Crippen molar-refractivity contribution in [3.63, 3.8) is 0 Å². The Labute approximate surface area is 101 Å². The summed E-state index contributed by atoms with van der Waals surface area (Å²) in [6.45, 7) is 0. The third-order valence-electron chi connectivity index (χ3n) is 2.16. The van der Waals surface area contributed by atoms with Crippen LogP contribution in [-0.2, 0) is 6.42 Å². The lowest BCUT2D eigenvalue weighted by Gasteiger charge is -1.98. The molecule has 0 bridgehead atoms. The van der Waals surface area contributed by atoms with Crippen LogP contribution in [0.1, 0.15) is 15.4 Å². The fraction of sp³-hybridized carbons (Fsp3) is 0.0909. The second-order valence-corrected chi connectivity index (χ2v) is 4.26. The number of ketones is 1. The van der Waals surface area contributed by atoms with Crippen LogP contribution in [-0.4, -0.2) is 15.7 Å². The number of Topliss-reactive ketones (excluding diaryl/α,β-unsaturated/α-hetero) is 1. The maximum atomic E-state index is 11.7. The summed E-state index contributed by atoms with van der Waals surface area (Å²) in [4.78, 5) is 25.7. The van der Waals surface area contributed by atoms with Gasteiger partial charge in [-0.05, 0) is 5.56 Å². The summed E-state index contributed by atoms with van der Waals surface area (Å²) in [7, 11) is 0. The minimum Gasteiger partial charge on any atom is -0.291 e. The highest BCUT2D eigenvalue weighted by molar-refractivity contribution is 7.11. The van der Waals surface area contributed by atoms with Crippen molar-refractivity contribution in [1.29, 1.82) is 0 Å². The average molecular weight is 248 g/mol. The summed E-state index contributed by atoms with van der Waals surface area (Å²) in [6.07, 6.45) is 1.69. The first kappa shape index (κ1) is 11.4. The standard InChI is InChI=1S/C11H8N2O3S/c14-10(11-12-4-5-17-11)7-8-2-1-3-9(6-8)13(15)16/h1-6H,7H2. The second-order valence-electron chi connectivity index (χ2n) is 3.36. The Morgan fingerprint density at radius 1 is 1.47 bits per heavy atom. The number of carbonyl (C=O) groups excluding carboxylic acids is 1.